The third kappa shape index (κ3) is 3.43. The number of benzene rings is 1. The van der Waals surface area contributed by atoms with E-state index >= 15 is 0 Å². The number of hydrogen-bond acceptors (Lipinski definition) is 4. The number of anilines is 1. The minimum absolute atomic E-state index is 0.378. The predicted octanol–water partition coefficient (Wildman–Crippen LogP) is 3.34. The van der Waals surface area contributed by atoms with Gasteiger partial charge in [-0.25, -0.2) is 0 Å². The fourth-order valence-electron chi connectivity index (χ4n) is 3.16. The Kier molecular flexibility index (Phi) is 4.65. The third-order valence-electron chi connectivity index (χ3n) is 4.28. The van der Waals surface area contributed by atoms with Crippen molar-refractivity contribution >= 4 is 5.82 Å². The van der Waals surface area contributed by atoms with E-state index in [-0.39, 0.29) is 0 Å². The molecule has 22 heavy (non-hydrogen) atoms. The van der Waals surface area contributed by atoms with Gasteiger partial charge in [-0.15, -0.1) is 10.2 Å². The Morgan fingerprint density at radius 2 is 2.00 bits per heavy atom. The van der Waals surface area contributed by atoms with Crippen molar-refractivity contribution in [2.75, 3.05) is 11.4 Å². The Bertz CT molecular complexity index is 630. The molecular formula is C18H20N4. The first-order valence-electron chi connectivity index (χ1n) is 7.91. The number of nitriles is 1. The first-order valence-corrected chi connectivity index (χ1v) is 7.91. The van der Waals surface area contributed by atoms with Crippen LogP contribution in [-0.4, -0.2) is 22.8 Å². The van der Waals surface area contributed by atoms with Crippen molar-refractivity contribution in [1.82, 2.24) is 10.2 Å². The van der Waals surface area contributed by atoms with Gasteiger partial charge in [-0.2, -0.15) is 5.26 Å². The zero-order chi connectivity index (χ0) is 15.2. The SMILES string of the molecule is N#Cc1ccc(N2CCCC2CCCc2ccccc2)nn1. The number of hydrogen-bond donors (Lipinski definition) is 0. The highest BCUT2D eigenvalue weighted by Gasteiger charge is 2.25. The molecule has 0 radical (unpaired) electrons. The van der Waals surface area contributed by atoms with E-state index in [9.17, 15) is 0 Å². The zero-order valence-corrected chi connectivity index (χ0v) is 12.7. The highest BCUT2D eigenvalue weighted by molar-refractivity contribution is 5.41. The number of rotatable bonds is 5. The van der Waals surface area contributed by atoms with Gasteiger partial charge in [-0.05, 0) is 49.8 Å². The first kappa shape index (κ1) is 14.5. The summed E-state index contributed by atoms with van der Waals surface area (Å²) in [6.45, 7) is 1.04. The van der Waals surface area contributed by atoms with Crippen LogP contribution in [0.2, 0.25) is 0 Å². The zero-order valence-electron chi connectivity index (χ0n) is 12.7. The topological polar surface area (TPSA) is 52.8 Å². The molecule has 1 unspecified atom stereocenters. The van der Waals surface area contributed by atoms with E-state index in [0.29, 0.717) is 11.7 Å². The van der Waals surface area contributed by atoms with Crippen molar-refractivity contribution in [2.45, 2.75) is 38.1 Å². The van der Waals surface area contributed by atoms with Crippen molar-refractivity contribution < 1.29 is 0 Å². The van der Waals surface area contributed by atoms with E-state index in [1.54, 1.807) is 6.07 Å². The molecule has 3 rings (SSSR count). The molecule has 0 spiro atoms. The van der Waals surface area contributed by atoms with Crippen LogP contribution >= 0.6 is 0 Å². The lowest BCUT2D eigenvalue weighted by molar-refractivity contribution is 0.575. The van der Waals surface area contributed by atoms with Crippen molar-refractivity contribution in [3.63, 3.8) is 0 Å². The van der Waals surface area contributed by atoms with Gasteiger partial charge in [-0.3, -0.25) is 0 Å². The molecule has 1 aromatic carbocycles. The second kappa shape index (κ2) is 7.04. The standard InChI is InChI=1S/C18H20N4/c19-14-16-11-12-18(21-20-16)22-13-5-10-17(22)9-4-8-15-6-2-1-3-7-15/h1-3,6-7,11-12,17H,4-5,8-10,13H2. The maximum absolute atomic E-state index is 8.80. The molecule has 0 N–H and O–H groups in total. The van der Waals surface area contributed by atoms with Crippen LogP contribution in [0, 0.1) is 11.3 Å². The van der Waals surface area contributed by atoms with Crippen LogP contribution in [0.5, 0.6) is 0 Å². The average molecular weight is 292 g/mol. The van der Waals surface area contributed by atoms with Gasteiger partial charge in [0.05, 0.1) is 0 Å². The smallest absolute Gasteiger partial charge is 0.163 e. The van der Waals surface area contributed by atoms with Gasteiger partial charge in [0.1, 0.15) is 6.07 Å². The maximum Gasteiger partial charge on any atom is 0.163 e. The van der Waals surface area contributed by atoms with Crippen molar-refractivity contribution in [3.8, 4) is 6.07 Å². The number of nitrogens with zero attached hydrogens (tertiary/aromatic N) is 4. The molecule has 1 aliphatic rings. The van der Waals surface area contributed by atoms with Gasteiger partial charge in [0, 0.05) is 12.6 Å². The summed E-state index contributed by atoms with van der Waals surface area (Å²) in [6, 6.07) is 16.9. The van der Waals surface area contributed by atoms with E-state index < -0.39 is 0 Å². The lowest BCUT2D eigenvalue weighted by Gasteiger charge is -2.25. The van der Waals surface area contributed by atoms with Gasteiger partial charge < -0.3 is 4.90 Å². The molecule has 1 fully saturated rings. The summed E-state index contributed by atoms with van der Waals surface area (Å²) < 4.78 is 0. The molecule has 1 saturated heterocycles. The van der Waals surface area contributed by atoms with Crippen LogP contribution in [-0.2, 0) is 6.42 Å². The van der Waals surface area contributed by atoms with Crippen LogP contribution in [0.15, 0.2) is 42.5 Å². The normalized spacial score (nSPS) is 17.4. The van der Waals surface area contributed by atoms with Crippen LogP contribution in [0.4, 0.5) is 5.82 Å². The fourth-order valence-corrected chi connectivity index (χ4v) is 3.16. The molecule has 0 saturated carbocycles. The maximum atomic E-state index is 8.80. The highest BCUT2D eigenvalue weighted by atomic mass is 15.3. The van der Waals surface area contributed by atoms with E-state index in [1.807, 2.05) is 12.1 Å². The van der Waals surface area contributed by atoms with Crippen LogP contribution in [0.3, 0.4) is 0 Å². The highest BCUT2D eigenvalue weighted by Crippen LogP contribution is 2.26. The van der Waals surface area contributed by atoms with Crippen molar-refractivity contribution in [2.24, 2.45) is 0 Å². The molecule has 4 nitrogen and oxygen atoms in total. The third-order valence-corrected chi connectivity index (χ3v) is 4.28. The van der Waals surface area contributed by atoms with E-state index in [2.05, 4.69) is 45.4 Å². The van der Waals surface area contributed by atoms with Gasteiger partial charge >= 0.3 is 0 Å². The Hall–Kier alpha value is -2.41. The van der Waals surface area contributed by atoms with Crippen LogP contribution in [0.25, 0.3) is 0 Å². The molecule has 0 amide bonds. The molecule has 112 valence electrons. The summed E-state index contributed by atoms with van der Waals surface area (Å²) in [6.07, 6.45) is 5.92. The average Bonchev–Trinajstić information content (AvgIpc) is 3.04. The van der Waals surface area contributed by atoms with E-state index in [4.69, 9.17) is 5.26 Å². The predicted molar refractivity (Wildman–Crippen MR) is 86.5 cm³/mol. The van der Waals surface area contributed by atoms with Gasteiger partial charge in [0.25, 0.3) is 0 Å². The Morgan fingerprint density at radius 3 is 2.73 bits per heavy atom. The minimum Gasteiger partial charge on any atom is -0.352 e. The second-order valence-electron chi connectivity index (χ2n) is 5.76. The summed E-state index contributed by atoms with van der Waals surface area (Å²) in [5.74, 6) is 0.904. The molecule has 1 aromatic heterocycles. The molecule has 1 atom stereocenters. The Labute approximate surface area is 131 Å². The molecule has 2 heterocycles. The van der Waals surface area contributed by atoms with Gasteiger partial charge in [-0.1, -0.05) is 30.3 Å². The van der Waals surface area contributed by atoms with Gasteiger partial charge in [0.2, 0.25) is 0 Å². The lowest BCUT2D eigenvalue weighted by Crippen LogP contribution is -2.30. The molecular weight excluding hydrogens is 272 g/mol. The Balaban J connectivity index is 1.57. The second-order valence-corrected chi connectivity index (χ2v) is 5.76. The lowest BCUT2D eigenvalue weighted by atomic mass is 10.0. The summed E-state index contributed by atoms with van der Waals surface area (Å²) >= 11 is 0. The number of aryl methyl sites for hydroxylation is 1. The molecule has 4 heteroatoms. The van der Waals surface area contributed by atoms with Crippen molar-refractivity contribution in [3.05, 3.63) is 53.7 Å². The molecule has 0 aliphatic carbocycles. The van der Waals surface area contributed by atoms with E-state index in [0.717, 1.165) is 18.8 Å². The van der Waals surface area contributed by atoms with Gasteiger partial charge in [0.15, 0.2) is 11.5 Å². The molecule has 1 aliphatic heterocycles. The monoisotopic (exact) mass is 292 g/mol. The Morgan fingerprint density at radius 1 is 1.14 bits per heavy atom. The first-order chi connectivity index (χ1) is 10.9. The molecule has 0 bridgehead atoms. The van der Waals surface area contributed by atoms with Crippen molar-refractivity contribution in [1.29, 1.82) is 5.26 Å². The minimum atomic E-state index is 0.378. The molecule has 2 aromatic rings. The van der Waals surface area contributed by atoms with E-state index in [1.165, 1.54) is 31.2 Å². The van der Waals surface area contributed by atoms with Crippen LogP contribution in [0.1, 0.15) is 36.9 Å². The fraction of sp³-hybridized carbons (Fsp3) is 0.389. The summed E-state index contributed by atoms with van der Waals surface area (Å²) in [4.78, 5) is 2.35. The number of aromatic nitrogens is 2. The summed E-state index contributed by atoms with van der Waals surface area (Å²) in [7, 11) is 0. The quantitative estimate of drug-likeness (QED) is 0.848. The summed E-state index contributed by atoms with van der Waals surface area (Å²) in [5, 5.41) is 17.0. The van der Waals surface area contributed by atoms with Crippen LogP contribution < -0.4 is 4.90 Å². The largest absolute Gasteiger partial charge is 0.352 e. The summed E-state index contributed by atoms with van der Waals surface area (Å²) in [5.41, 5.74) is 1.79.